The first-order valence-corrected chi connectivity index (χ1v) is 7.43. The Morgan fingerprint density at radius 1 is 1.31 bits per heavy atom. The standard InChI is InChI=1S/C14H16F4N4O3.ClH/c15-10-5-9(6-11(7-10)22(24)25)13(23)20-8-12(14(16,17)18)21-3-1-19-2-4-21;/h5-7,12,19H,1-4,8H2,(H,20,23);1H. The Kier molecular flexibility index (Phi) is 7.72. The van der Waals surface area contributed by atoms with E-state index in [0.717, 1.165) is 12.1 Å². The summed E-state index contributed by atoms with van der Waals surface area (Å²) in [5.74, 6) is -2.03. The highest BCUT2D eigenvalue weighted by atomic mass is 35.5. The van der Waals surface area contributed by atoms with Crippen LogP contribution < -0.4 is 10.6 Å². The fourth-order valence-electron chi connectivity index (χ4n) is 2.55. The number of nitro groups is 1. The topological polar surface area (TPSA) is 87.5 Å². The quantitative estimate of drug-likeness (QED) is 0.446. The highest BCUT2D eigenvalue weighted by molar-refractivity contribution is 5.94. The van der Waals surface area contributed by atoms with Gasteiger partial charge in [0.2, 0.25) is 0 Å². The smallest absolute Gasteiger partial charge is 0.350 e. The number of hydrogen-bond donors (Lipinski definition) is 2. The molecule has 0 spiro atoms. The molecule has 1 unspecified atom stereocenters. The van der Waals surface area contributed by atoms with E-state index in [4.69, 9.17) is 0 Å². The van der Waals surface area contributed by atoms with E-state index in [9.17, 15) is 32.5 Å². The summed E-state index contributed by atoms with van der Waals surface area (Å²) in [6, 6.07) is 0.277. The number of hydrogen-bond acceptors (Lipinski definition) is 5. The van der Waals surface area contributed by atoms with Crippen LogP contribution in [0.15, 0.2) is 18.2 Å². The fraction of sp³-hybridized carbons (Fsp3) is 0.500. The van der Waals surface area contributed by atoms with Crippen molar-refractivity contribution in [1.29, 1.82) is 0 Å². The van der Waals surface area contributed by atoms with Crippen LogP contribution >= 0.6 is 12.4 Å². The zero-order chi connectivity index (χ0) is 18.6. The predicted octanol–water partition coefficient (Wildman–Crippen LogP) is 1.72. The number of nitrogens with zero attached hydrogens (tertiary/aromatic N) is 2. The first-order chi connectivity index (χ1) is 11.7. The maximum absolute atomic E-state index is 13.3. The Labute approximate surface area is 152 Å². The van der Waals surface area contributed by atoms with Crippen molar-refractivity contribution in [2.45, 2.75) is 12.2 Å². The Morgan fingerprint density at radius 2 is 1.92 bits per heavy atom. The number of halogens is 5. The summed E-state index contributed by atoms with van der Waals surface area (Å²) in [5.41, 5.74) is -1.06. The lowest BCUT2D eigenvalue weighted by Crippen LogP contribution is -2.57. The second kappa shape index (κ2) is 9.10. The van der Waals surface area contributed by atoms with Crippen molar-refractivity contribution in [2.75, 3.05) is 32.7 Å². The van der Waals surface area contributed by atoms with Gasteiger partial charge in [-0.25, -0.2) is 4.39 Å². The second-order valence-corrected chi connectivity index (χ2v) is 5.51. The number of nitro benzene ring substituents is 1. The van der Waals surface area contributed by atoms with E-state index in [1.165, 1.54) is 4.90 Å². The molecule has 1 amide bonds. The minimum atomic E-state index is -4.56. The van der Waals surface area contributed by atoms with Gasteiger partial charge in [0, 0.05) is 44.4 Å². The van der Waals surface area contributed by atoms with Crippen LogP contribution in [0.3, 0.4) is 0 Å². The van der Waals surface area contributed by atoms with Gasteiger partial charge < -0.3 is 10.6 Å². The van der Waals surface area contributed by atoms with Gasteiger partial charge in [0.05, 0.1) is 11.0 Å². The monoisotopic (exact) mass is 400 g/mol. The molecule has 1 atom stereocenters. The van der Waals surface area contributed by atoms with Gasteiger partial charge in [-0.3, -0.25) is 19.8 Å². The van der Waals surface area contributed by atoms with E-state index in [1.54, 1.807) is 0 Å². The summed E-state index contributed by atoms with van der Waals surface area (Å²) in [4.78, 5) is 23.0. The summed E-state index contributed by atoms with van der Waals surface area (Å²) in [7, 11) is 0. The molecule has 1 fully saturated rings. The van der Waals surface area contributed by atoms with Crippen LogP contribution in [-0.2, 0) is 0 Å². The van der Waals surface area contributed by atoms with Crippen molar-refractivity contribution in [1.82, 2.24) is 15.5 Å². The van der Waals surface area contributed by atoms with Crippen LogP contribution in [0.5, 0.6) is 0 Å². The Balaban J connectivity index is 0.00000338. The molecule has 1 saturated heterocycles. The average molecular weight is 401 g/mol. The van der Waals surface area contributed by atoms with Gasteiger partial charge in [0.15, 0.2) is 0 Å². The molecule has 1 aromatic carbocycles. The van der Waals surface area contributed by atoms with Crippen molar-refractivity contribution in [3.63, 3.8) is 0 Å². The van der Waals surface area contributed by atoms with Gasteiger partial charge in [-0.1, -0.05) is 0 Å². The predicted molar refractivity (Wildman–Crippen MR) is 86.9 cm³/mol. The molecule has 12 heteroatoms. The number of alkyl halides is 3. The zero-order valence-electron chi connectivity index (χ0n) is 13.4. The number of non-ortho nitro benzene ring substituents is 1. The molecule has 1 aliphatic heterocycles. The van der Waals surface area contributed by atoms with Crippen LogP contribution in [0.25, 0.3) is 0 Å². The molecule has 7 nitrogen and oxygen atoms in total. The molecule has 146 valence electrons. The third kappa shape index (κ3) is 5.78. The lowest BCUT2D eigenvalue weighted by molar-refractivity contribution is -0.385. The third-order valence-electron chi connectivity index (χ3n) is 3.78. The van der Waals surface area contributed by atoms with Gasteiger partial charge in [-0.05, 0) is 6.07 Å². The molecule has 0 aromatic heterocycles. The van der Waals surface area contributed by atoms with E-state index >= 15 is 0 Å². The molecule has 1 heterocycles. The molecule has 0 saturated carbocycles. The fourth-order valence-corrected chi connectivity index (χ4v) is 2.55. The number of piperazine rings is 1. The summed E-state index contributed by atoms with van der Waals surface area (Å²) < 4.78 is 53.0. The largest absolute Gasteiger partial charge is 0.405 e. The molecule has 0 aliphatic carbocycles. The van der Waals surface area contributed by atoms with Gasteiger partial charge in [0.25, 0.3) is 11.6 Å². The minimum absolute atomic E-state index is 0. The average Bonchev–Trinajstić information content (AvgIpc) is 2.54. The normalized spacial score (nSPS) is 16.5. The second-order valence-electron chi connectivity index (χ2n) is 5.51. The summed E-state index contributed by atoms with van der Waals surface area (Å²) in [6.07, 6.45) is -4.56. The highest BCUT2D eigenvalue weighted by Crippen LogP contribution is 2.25. The van der Waals surface area contributed by atoms with Crippen LogP contribution in [0, 0.1) is 15.9 Å². The molecule has 0 bridgehead atoms. The van der Waals surface area contributed by atoms with E-state index in [2.05, 4.69) is 10.6 Å². The van der Waals surface area contributed by atoms with Crippen LogP contribution in [0.2, 0.25) is 0 Å². The lowest BCUT2D eigenvalue weighted by atomic mass is 10.1. The maximum atomic E-state index is 13.3. The summed E-state index contributed by atoms with van der Waals surface area (Å²) in [5, 5.41) is 15.7. The number of carbonyl (C=O) groups is 1. The van der Waals surface area contributed by atoms with Gasteiger partial charge >= 0.3 is 6.18 Å². The van der Waals surface area contributed by atoms with E-state index in [0.29, 0.717) is 19.2 Å². The first-order valence-electron chi connectivity index (χ1n) is 7.43. The number of amides is 1. The molecular weight excluding hydrogens is 384 g/mol. The van der Waals surface area contributed by atoms with Crippen molar-refractivity contribution in [3.8, 4) is 0 Å². The van der Waals surface area contributed by atoms with Gasteiger partial charge in [-0.15, -0.1) is 12.4 Å². The summed E-state index contributed by atoms with van der Waals surface area (Å²) in [6.45, 7) is 0.414. The Morgan fingerprint density at radius 3 is 2.46 bits per heavy atom. The summed E-state index contributed by atoms with van der Waals surface area (Å²) >= 11 is 0. The van der Waals surface area contributed by atoms with Crippen molar-refractivity contribution < 1.29 is 27.3 Å². The van der Waals surface area contributed by atoms with Crippen molar-refractivity contribution in [2.24, 2.45) is 0 Å². The molecule has 26 heavy (non-hydrogen) atoms. The molecule has 2 N–H and O–H groups in total. The molecule has 1 aromatic rings. The molecule has 2 rings (SSSR count). The molecule has 0 radical (unpaired) electrons. The van der Waals surface area contributed by atoms with E-state index in [-0.39, 0.29) is 25.5 Å². The van der Waals surface area contributed by atoms with Gasteiger partial charge in [-0.2, -0.15) is 13.2 Å². The van der Waals surface area contributed by atoms with Gasteiger partial charge in [0.1, 0.15) is 11.9 Å². The van der Waals surface area contributed by atoms with Crippen molar-refractivity contribution in [3.05, 3.63) is 39.7 Å². The minimum Gasteiger partial charge on any atom is -0.350 e. The first kappa shape index (κ1) is 22.1. The number of rotatable bonds is 5. The van der Waals surface area contributed by atoms with Crippen LogP contribution in [0.1, 0.15) is 10.4 Å². The van der Waals surface area contributed by atoms with Crippen LogP contribution in [-0.4, -0.2) is 60.7 Å². The maximum Gasteiger partial charge on any atom is 0.405 e. The molecular formula is C14H17ClF4N4O3. The van der Waals surface area contributed by atoms with Crippen molar-refractivity contribution >= 4 is 24.0 Å². The van der Waals surface area contributed by atoms with E-state index in [1.807, 2.05) is 0 Å². The Bertz CT molecular complexity index is 654. The number of benzene rings is 1. The number of nitrogens with one attached hydrogen (secondary N) is 2. The highest BCUT2D eigenvalue weighted by Gasteiger charge is 2.43. The SMILES string of the molecule is Cl.O=C(NCC(N1CCNCC1)C(F)(F)F)c1cc(F)cc([N+](=O)[O-])c1. The van der Waals surface area contributed by atoms with E-state index < -0.39 is 46.7 Å². The van der Waals surface area contributed by atoms with Crippen LogP contribution in [0.4, 0.5) is 23.2 Å². The third-order valence-corrected chi connectivity index (χ3v) is 3.78. The Hall–Kier alpha value is -1.98. The molecule has 1 aliphatic rings. The lowest BCUT2D eigenvalue weighted by Gasteiger charge is -2.35. The number of carbonyl (C=O) groups excluding carboxylic acids is 1. The zero-order valence-corrected chi connectivity index (χ0v) is 14.2.